The Morgan fingerprint density at radius 1 is 1.15 bits per heavy atom. The number of alkyl halides is 2. The molecule has 2 aliphatic rings. The van der Waals surface area contributed by atoms with Gasteiger partial charge in [-0.05, 0) is 31.0 Å². The van der Waals surface area contributed by atoms with Crippen molar-refractivity contribution in [1.29, 1.82) is 0 Å². The highest BCUT2D eigenvalue weighted by atomic mass is 19.3. The number of fused-ring (bicyclic) bond motifs is 2. The lowest BCUT2D eigenvalue weighted by Crippen LogP contribution is -2.56. The van der Waals surface area contributed by atoms with E-state index in [4.69, 9.17) is 0 Å². The van der Waals surface area contributed by atoms with Crippen molar-refractivity contribution < 1.29 is 13.6 Å². The van der Waals surface area contributed by atoms with Gasteiger partial charge in [0.15, 0.2) is 11.5 Å². The summed E-state index contributed by atoms with van der Waals surface area (Å²) in [6, 6.07) is 5.31. The van der Waals surface area contributed by atoms with E-state index in [1.807, 2.05) is 0 Å². The van der Waals surface area contributed by atoms with E-state index >= 15 is 0 Å². The van der Waals surface area contributed by atoms with Gasteiger partial charge in [0.25, 0.3) is 5.92 Å². The lowest BCUT2D eigenvalue weighted by atomic mass is 10.1. The lowest BCUT2D eigenvalue weighted by Gasteiger charge is -2.40. The van der Waals surface area contributed by atoms with Gasteiger partial charge in [0, 0.05) is 41.7 Å². The summed E-state index contributed by atoms with van der Waals surface area (Å²) in [5, 5.41) is 12.1. The molecular formula is C22H20F2N8O. The fraction of sp³-hybridized carbons (Fsp3) is 0.318. The van der Waals surface area contributed by atoms with Crippen LogP contribution in [0.15, 0.2) is 36.8 Å². The van der Waals surface area contributed by atoms with Crippen molar-refractivity contribution in [2.24, 2.45) is 5.92 Å². The number of carbonyl (C=O) groups excluding carboxylic acids is 1. The van der Waals surface area contributed by atoms with E-state index in [-0.39, 0.29) is 24.9 Å². The predicted molar refractivity (Wildman–Crippen MR) is 120 cm³/mol. The van der Waals surface area contributed by atoms with Crippen molar-refractivity contribution in [3.63, 3.8) is 0 Å². The maximum Gasteiger partial charge on any atom is 0.282 e. The summed E-state index contributed by atoms with van der Waals surface area (Å²) >= 11 is 0. The molecular weight excluding hydrogens is 430 g/mol. The highest BCUT2D eigenvalue weighted by Crippen LogP contribution is 2.34. The topological polar surface area (TPSA) is 100 Å². The zero-order valence-corrected chi connectivity index (χ0v) is 17.7. The molecule has 9 nitrogen and oxygen atoms in total. The summed E-state index contributed by atoms with van der Waals surface area (Å²) in [6.07, 6.45) is 6.84. The van der Waals surface area contributed by atoms with Crippen LogP contribution in [0.25, 0.3) is 27.8 Å². The monoisotopic (exact) mass is 450 g/mol. The standard InChI is InChI=1S/C22H20F2N8O/c1-25-19-15-7-26-17(28-21(33)12-2-3-12)6-14(15)16(8-27-19)20-29-18-5-4-13(9-32(18)30-20)31-10-22(23,24)11-31/h4-9,12H,2-3,10-11H2,1H3,(H,25,27)(H,26,28,33). The van der Waals surface area contributed by atoms with Gasteiger partial charge in [-0.2, -0.15) is 0 Å². The second kappa shape index (κ2) is 7.06. The van der Waals surface area contributed by atoms with E-state index in [1.54, 1.807) is 53.3 Å². The molecule has 2 N–H and O–H groups in total. The number of hydrogen-bond acceptors (Lipinski definition) is 7. The molecule has 4 aromatic heterocycles. The zero-order valence-electron chi connectivity index (χ0n) is 17.7. The van der Waals surface area contributed by atoms with E-state index in [9.17, 15) is 13.6 Å². The first-order valence-electron chi connectivity index (χ1n) is 10.7. The van der Waals surface area contributed by atoms with Crippen LogP contribution in [0.3, 0.4) is 0 Å². The Morgan fingerprint density at radius 3 is 2.70 bits per heavy atom. The van der Waals surface area contributed by atoms with Crippen LogP contribution in [0.5, 0.6) is 0 Å². The van der Waals surface area contributed by atoms with Crippen molar-refractivity contribution >= 4 is 39.6 Å². The first kappa shape index (κ1) is 19.8. The Labute approximate surface area is 186 Å². The zero-order chi connectivity index (χ0) is 22.7. The van der Waals surface area contributed by atoms with Gasteiger partial charge in [-0.25, -0.2) is 28.2 Å². The summed E-state index contributed by atoms with van der Waals surface area (Å²) in [6.45, 7) is -0.606. The molecule has 2 fully saturated rings. The molecule has 1 saturated carbocycles. The number of pyridine rings is 3. The molecule has 6 rings (SSSR count). The number of nitrogens with one attached hydrogen (secondary N) is 2. The van der Waals surface area contributed by atoms with E-state index in [1.165, 1.54) is 0 Å². The van der Waals surface area contributed by atoms with Crippen LogP contribution < -0.4 is 15.5 Å². The molecule has 1 amide bonds. The number of carbonyl (C=O) groups is 1. The molecule has 1 saturated heterocycles. The predicted octanol–water partition coefficient (Wildman–Crippen LogP) is 3.19. The molecule has 11 heteroatoms. The largest absolute Gasteiger partial charge is 0.373 e. The van der Waals surface area contributed by atoms with Gasteiger partial charge in [0.05, 0.1) is 25.0 Å². The quantitative estimate of drug-likeness (QED) is 0.482. The highest BCUT2D eigenvalue weighted by Gasteiger charge is 2.44. The maximum absolute atomic E-state index is 13.3. The minimum Gasteiger partial charge on any atom is -0.373 e. The molecule has 0 unspecified atom stereocenters. The smallest absolute Gasteiger partial charge is 0.282 e. The van der Waals surface area contributed by atoms with Crippen molar-refractivity contribution in [1.82, 2.24) is 24.6 Å². The average Bonchev–Trinajstić information content (AvgIpc) is 3.55. The third-order valence-corrected chi connectivity index (χ3v) is 5.97. The normalized spacial score (nSPS) is 17.2. The number of rotatable bonds is 5. The van der Waals surface area contributed by atoms with Gasteiger partial charge in [-0.15, -0.1) is 5.10 Å². The number of amides is 1. The molecule has 168 valence electrons. The molecule has 1 aliphatic carbocycles. The molecule has 0 aromatic carbocycles. The highest BCUT2D eigenvalue weighted by molar-refractivity contribution is 6.03. The molecule has 5 heterocycles. The lowest BCUT2D eigenvalue weighted by molar-refractivity contribution is -0.117. The van der Waals surface area contributed by atoms with Crippen LogP contribution in [-0.4, -0.2) is 56.5 Å². The fourth-order valence-electron chi connectivity index (χ4n) is 4.02. The van der Waals surface area contributed by atoms with Gasteiger partial charge < -0.3 is 15.5 Å². The van der Waals surface area contributed by atoms with Gasteiger partial charge in [-0.3, -0.25) is 4.79 Å². The molecule has 0 spiro atoms. The van der Waals surface area contributed by atoms with Crippen molar-refractivity contribution in [3.8, 4) is 11.4 Å². The Hall–Kier alpha value is -3.89. The molecule has 0 atom stereocenters. The van der Waals surface area contributed by atoms with E-state index in [0.717, 1.165) is 23.6 Å². The van der Waals surface area contributed by atoms with Gasteiger partial charge in [0.2, 0.25) is 5.91 Å². The van der Waals surface area contributed by atoms with Crippen LogP contribution in [0.4, 0.5) is 26.1 Å². The summed E-state index contributed by atoms with van der Waals surface area (Å²) < 4.78 is 28.1. The van der Waals surface area contributed by atoms with Crippen molar-refractivity contribution in [2.45, 2.75) is 18.8 Å². The first-order valence-corrected chi connectivity index (χ1v) is 10.7. The van der Waals surface area contributed by atoms with Crippen LogP contribution in [-0.2, 0) is 4.79 Å². The number of hydrogen-bond donors (Lipinski definition) is 2. The van der Waals surface area contributed by atoms with E-state index < -0.39 is 5.92 Å². The van der Waals surface area contributed by atoms with Gasteiger partial charge >= 0.3 is 0 Å². The van der Waals surface area contributed by atoms with E-state index in [2.05, 4.69) is 30.7 Å². The number of anilines is 3. The van der Waals surface area contributed by atoms with Gasteiger partial charge in [-0.1, -0.05) is 0 Å². The summed E-state index contributed by atoms with van der Waals surface area (Å²) in [4.78, 5) is 27.3. The third kappa shape index (κ3) is 3.49. The second-order valence-corrected chi connectivity index (χ2v) is 8.49. The molecule has 1 aliphatic heterocycles. The van der Waals surface area contributed by atoms with E-state index in [0.29, 0.717) is 34.4 Å². The average molecular weight is 450 g/mol. The fourth-order valence-corrected chi connectivity index (χ4v) is 4.02. The molecule has 0 radical (unpaired) electrons. The number of halogens is 2. The minimum absolute atomic E-state index is 0.0266. The van der Waals surface area contributed by atoms with Crippen molar-refractivity contribution in [2.75, 3.05) is 35.7 Å². The summed E-state index contributed by atoms with van der Waals surface area (Å²) in [5.41, 5.74) is 1.92. The Morgan fingerprint density at radius 2 is 1.97 bits per heavy atom. The SMILES string of the molecule is CNc1ncc(-c2nc3ccc(N4CC(F)(F)C4)cn3n2)c2cc(NC(=O)C3CC3)ncc12. The maximum atomic E-state index is 13.3. The molecule has 33 heavy (non-hydrogen) atoms. The summed E-state index contributed by atoms with van der Waals surface area (Å²) in [7, 11) is 1.77. The number of aromatic nitrogens is 5. The molecule has 0 bridgehead atoms. The van der Waals surface area contributed by atoms with Gasteiger partial charge in [0.1, 0.15) is 11.6 Å². The second-order valence-electron chi connectivity index (χ2n) is 8.49. The minimum atomic E-state index is -2.65. The Balaban J connectivity index is 1.40. The van der Waals surface area contributed by atoms with Crippen LogP contribution in [0.1, 0.15) is 12.8 Å². The Bertz CT molecular complexity index is 1410. The van der Waals surface area contributed by atoms with Crippen LogP contribution in [0, 0.1) is 5.92 Å². The summed E-state index contributed by atoms with van der Waals surface area (Å²) in [5.74, 6) is -1.08. The van der Waals surface area contributed by atoms with Crippen LogP contribution in [0.2, 0.25) is 0 Å². The van der Waals surface area contributed by atoms with Crippen LogP contribution >= 0.6 is 0 Å². The molecule has 4 aromatic rings. The number of nitrogens with zero attached hydrogens (tertiary/aromatic N) is 6. The van der Waals surface area contributed by atoms with Crippen molar-refractivity contribution in [3.05, 3.63) is 36.8 Å². The Kier molecular flexibility index (Phi) is 4.23. The first-order chi connectivity index (χ1) is 15.9. The third-order valence-electron chi connectivity index (χ3n) is 5.97.